The van der Waals surface area contributed by atoms with E-state index >= 15 is 0 Å². The molecule has 0 atom stereocenters. The second kappa shape index (κ2) is 18.2. The highest BCUT2D eigenvalue weighted by Crippen LogP contribution is 2.54. The van der Waals surface area contributed by atoms with Crippen LogP contribution in [0.2, 0.25) is 0 Å². The van der Waals surface area contributed by atoms with Crippen LogP contribution in [0.4, 0.5) is 0 Å². The molecule has 12 heteroatoms. The standard InChI is InChI=1S/C64H40O10P2/c1-67-63(65)49-35-41-19-7-13-25-47(41)59(61(49)73-75-69-51-31-27-37-15-3-9-21-43(37)55(51)56-44-22-10-4-16-38(44)28-32-52(56)70-75)60-48-26-14-8-20-42(48)36-50(64(66)68-2)62(60)74-76-71-53-33-29-39-17-5-11-23-45(39)57(53)58-46-24-12-6-18-40(46)30-34-54(58)72-76/h3-36H,1-2H3. The topological polar surface area (TPSA) is 124 Å². The van der Waals surface area contributed by atoms with Crippen molar-refractivity contribution in [3.63, 3.8) is 0 Å². The van der Waals surface area contributed by atoms with E-state index in [9.17, 15) is 9.59 Å². The average Bonchev–Trinajstić information content (AvgIpc) is 3.80. The van der Waals surface area contributed by atoms with E-state index in [1.54, 1.807) is 12.1 Å². The van der Waals surface area contributed by atoms with Crippen molar-refractivity contribution in [2.24, 2.45) is 0 Å². The van der Waals surface area contributed by atoms with Crippen LogP contribution in [0.5, 0.6) is 11.5 Å². The molecule has 14 aromatic rings. The van der Waals surface area contributed by atoms with Crippen molar-refractivity contribution < 1.29 is 44.9 Å². The summed E-state index contributed by atoms with van der Waals surface area (Å²) >= 11 is 0. The van der Waals surface area contributed by atoms with Crippen molar-refractivity contribution >= 4 is 137 Å². The second-order valence-electron chi connectivity index (χ2n) is 18.3. The molecule has 2 heterocycles. The van der Waals surface area contributed by atoms with Crippen molar-refractivity contribution in [2.45, 2.75) is 0 Å². The van der Waals surface area contributed by atoms with Crippen LogP contribution in [0.15, 0.2) is 223 Å². The zero-order valence-electron chi connectivity index (χ0n) is 40.6. The number of methoxy groups -OCH3 is 2. The number of ether oxygens (including phenoxy) is 2. The third-order valence-electron chi connectivity index (χ3n) is 14.2. The Morgan fingerprint density at radius 2 is 0.592 bits per heavy atom. The Bertz CT molecular complexity index is 4360. The Balaban J connectivity index is 1.10. The number of esters is 2. The molecule has 0 radical (unpaired) electrons. The minimum Gasteiger partial charge on any atom is -0.465 e. The van der Waals surface area contributed by atoms with Crippen LogP contribution >= 0.6 is 16.5 Å². The van der Waals surface area contributed by atoms with Gasteiger partial charge in [0.05, 0.1) is 14.2 Å². The SMILES string of the molecule is COC(=O)c1cc2ccccc2c(-c2c(Op3oc4ccc5ccccc5c4c4c(ccc5ccccc54)o3)c(C(=O)OC)cc3ccccc23)c1Op1oc2ccc3ccccc3c2c2c(ccc3ccccc32)o1. The van der Waals surface area contributed by atoms with Gasteiger partial charge in [0.25, 0.3) is 0 Å². The van der Waals surface area contributed by atoms with Crippen LogP contribution in [-0.4, -0.2) is 26.2 Å². The van der Waals surface area contributed by atoms with Gasteiger partial charge < -0.3 is 35.3 Å². The normalized spacial score (nSPS) is 11.7. The fourth-order valence-electron chi connectivity index (χ4n) is 10.8. The summed E-state index contributed by atoms with van der Waals surface area (Å²) in [6, 6.07) is 67.0. The first-order valence-electron chi connectivity index (χ1n) is 24.5. The molecule has 12 aromatic carbocycles. The second-order valence-corrected chi connectivity index (χ2v) is 20.3. The Morgan fingerprint density at radius 3 is 0.882 bits per heavy atom. The Morgan fingerprint density at radius 1 is 0.329 bits per heavy atom. The van der Waals surface area contributed by atoms with E-state index < -0.39 is 28.4 Å². The monoisotopic (exact) mass is 1030 g/mol. The average molecular weight is 1030 g/mol. The Labute approximate surface area is 434 Å². The van der Waals surface area contributed by atoms with Gasteiger partial charge in [0.1, 0.15) is 33.5 Å². The van der Waals surface area contributed by atoms with Crippen LogP contribution in [0.1, 0.15) is 20.7 Å². The number of hydrogen-bond acceptors (Lipinski definition) is 10. The van der Waals surface area contributed by atoms with Gasteiger partial charge >= 0.3 is 28.4 Å². The van der Waals surface area contributed by atoms with Gasteiger partial charge in [-0.05, 0) is 101 Å². The molecule has 0 aliphatic heterocycles. The van der Waals surface area contributed by atoms with Gasteiger partial charge in [-0.1, -0.05) is 170 Å². The summed E-state index contributed by atoms with van der Waals surface area (Å²) in [6.07, 6.45) is 0. The predicted octanol–water partition coefficient (Wildman–Crippen LogP) is 18.7. The molecule has 0 saturated carbocycles. The lowest BCUT2D eigenvalue weighted by Gasteiger charge is -2.21. The van der Waals surface area contributed by atoms with Gasteiger partial charge in [-0.3, -0.25) is 0 Å². The van der Waals surface area contributed by atoms with Crippen LogP contribution < -0.4 is 9.05 Å². The first-order valence-corrected chi connectivity index (χ1v) is 26.7. The molecule has 0 aliphatic carbocycles. The zero-order valence-corrected chi connectivity index (χ0v) is 42.4. The van der Waals surface area contributed by atoms with Crippen LogP contribution in [0.3, 0.4) is 0 Å². The van der Waals surface area contributed by atoms with Gasteiger partial charge in [-0.15, -0.1) is 0 Å². The first kappa shape index (κ1) is 45.2. The molecule has 0 fully saturated rings. The molecule has 2 aromatic heterocycles. The molecule has 76 heavy (non-hydrogen) atoms. The van der Waals surface area contributed by atoms with Crippen molar-refractivity contribution in [1.29, 1.82) is 0 Å². The van der Waals surface area contributed by atoms with Gasteiger partial charge in [-0.25, -0.2) is 9.59 Å². The van der Waals surface area contributed by atoms with E-state index in [0.717, 1.165) is 64.6 Å². The van der Waals surface area contributed by atoms with E-state index in [1.807, 2.05) is 146 Å². The van der Waals surface area contributed by atoms with Gasteiger partial charge in [-0.2, -0.15) is 0 Å². The maximum Gasteiger partial charge on any atom is 0.453 e. The summed E-state index contributed by atoms with van der Waals surface area (Å²) in [5, 5.41) is 13.9. The number of rotatable bonds is 7. The molecule has 0 spiro atoms. The number of carbonyl (C=O) groups excluding carboxylic acids is 2. The van der Waals surface area contributed by atoms with Gasteiger partial charge in [0, 0.05) is 32.7 Å². The highest BCUT2D eigenvalue weighted by atomic mass is 31.1. The highest BCUT2D eigenvalue weighted by molar-refractivity contribution is 7.32. The van der Waals surface area contributed by atoms with Crippen LogP contribution in [0.25, 0.3) is 120 Å². The molecule has 366 valence electrons. The molecule has 10 nitrogen and oxygen atoms in total. The fourth-order valence-corrected chi connectivity index (χ4v) is 12.9. The zero-order chi connectivity index (χ0) is 51.0. The molecule has 0 N–H and O–H groups in total. The summed E-state index contributed by atoms with van der Waals surface area (Å²) in [5.74, 6) is -1.25. The first-order chi connectivity index (χ1) is 37.4. The van der Waals surface area contributed by atoms with Crippen molar-refractivity contribution in [3.05, 3.63) is 217 Å². The van der Waals surface area contributed by atoms with Crippen molar-refractivity contribution in [1.82, 2.24) is 0 Å². The lowest BCUT2D eigenvalue weighted by molar-refractivity contribution is 0.0589. The minimum atomic E-state index is -2.44. The Hall–Kier alpha value is -9.46. The maximum atomic E-state index is 14.5. The molecule has 0 bridgehead atoms. The van der Waals surface area contributed by atoms with Crippen molar-refractivity contribution in [3.8, 4) is 22.6 Å². The summed E-state index contributed by atoms with van der Waals surface area (Å²) in [7, 11) is -2.23. The smallest absolute Gasteiger partial charge is 0.453 e. The van der Waals surface area contributed by atoms with E-state index in [4.69, 9.17) is 35.3 Å². The molecule has 0 amide bonds. The fraction of sp³-hybridized carbons (Fsp3) is 0.0312. The summed E-state index contributed by atoms with van der Waals surface area (Å²) in [5.41, 5.74) is 3.00. The molecule has 0 saturated heterocycles. The van der Waals surface area contributed by atoms with Gasteiger partial charge in [0.2, 0.25) is 0 Å². The lowest BCUT2D eigenvalue weighted by atomic mass is 9.89. The molecule has 0 aliphatic rings. The molecular formula is C64H40O10P2. The summed E-state index contributed by atoms with van der Waals surface area (Å²) < 4.78 is 53.4. The van der Waals surface area contributed by atoms with E-state index in [0.29, 0.717) is 55.0 Å². The van der Waals surface area contributed by atoms with Crippen molar-refractivity contribution in [2.75, 3.05) is 14.2 Å². The molecule has 0 unspecified atom stereocenters. The van der Waals surface area contributed by atoms with E-state index in [1.165, 1.54) is 14.2 Å². The molecule has 14 rings (SSSR count). The highest BCUT2D eigenvalue weighted by Gasteiger charge is 2.32. The van der Waals surface area contributed by atoms with Gasteiger partial charge in [0.15, 0.2) is 11.5 Å². The number of hydrogen-bond donors (Lipinski definition) is 0. The lowest BCUT2D eigenvalue weighted by Crippen LogP contribution is -2.08. The van der Waals surface area contributed by atoms with Crippen LogP contribution in [0, 0.1) is 0 Å². The largest absolute Gasteiger partial charge is 0.465 e. The predicted molar refractivity (Wildman–Crippen MR) is 304 cm³/mol. The van der Waals surface area contributed by atoms with E-state index in [2.05, 4.69) is 48.5 Å². The number of carbonyl (C=O) groups is 2. The minimum absolute atomic E-state index is 0.0596. The van der Waals surface area contributed by atoms with E-state index in [-0.39, 0.29) is 22.6 Å². The number of benzene rings is 12. The summed E-state index contributed by atoms with van der Waals surface area (Å²) in [6.45, 7) is 0. The molecular weight excluding hydrogens is 991 g/mol. The Kier molecular flexibility index (Phi) is 10.8. The summed E-state index contributed by atoms with van der Waals surface area (Å²) in [4.78, 5) is 29.0. The number of fused-ring (bicyclic) bond motifs is 16. The maximum absolute atomic E-state index is 14.5. The third kappa shape index (κ3) is 7.33. The third-order valence-corrected chi connectivity index (χ3v) is 16.2. The van der Waals surface area contributed by atoms with Crippen LogP contribution in [-0.2, 0) is 9.47 Å². The quantitative estimate of drug-likeness (QED) is 0.143.